The van der Waals surface area contributed by atoms with Crippen LogP contribution in [0.2, 0.25) is 0 Å². The normalized spacial score (nSPS) is 17.3. The minimum Gasteiger partial charge on any atom is -0.504 e. The molecule has 0 spiro atoms. The van der Waals surface area contributed by atoms with E-state index in [4.69, 9.17) is 0 Å². The van der Waals surface area contributed by atoms with Gasteiger partial charge in [-0.25, -0.2) is 4.39 Å². The van der Waals surface area contributed by atoms with E-state index < -0.39 is 29.3 Å². The Hall–Kier alpha value is -3.09. The largest absolute Gasteiger partial charge is 0.504 e. The number of amides is 2. The van der Waals surface area contributed by atoms with Gasteiger partial charge in [-0.1, -0.05) is 12.1 Å². The van der Waals surface area contributed by atoms with Crippen LogP contribution in [0.25, 0.3) is 0 Å². The predicted octanol–water partition coefficient (Wildman–Crippen LogP) is 1.86. The van der Waals surface area contributed by atoms with E-state index in [9.17, 15) is 24.2 Å². The predicted molar refractivity (Wildman–Crippen MR) is 87.7 cm³/mol. The van der Waals surface area contributed by atoms with Crippen molar-refractivity contribution in [1.29, 1.82) is 0 Å². The van der Waals surface area contributed by atoms with Crippen molar-refractivity contribution in [2.24, 2.45) is 0 Å². The number of piperazine rings is 1. The first-order chi connectivity index (χ1) is 11.9. The van der Waals surface area contributed by atoms with Crippen molar-refractivity contribution in [2.75, 3.05) is 13.1 Å². The Balaban J connectivity index is 2.04. The van der Waals surface area contributed by atoms with Crippen LogP contribution in [0.4, 0.5) is 4.39 Å². The van der Waals surface area contributed by atoms with Crippen LogP contribution < -0.4 is 5.32 Å². The molecule has 0 aromatic heterocycles. The summed E-state index contributed by atoms with van der Waals surface area (Å²) in [4.78, 5) is 26.6. The Bertz CT molecular complexity index is 853. The lowest BCUT2D eigenvalue weighted by Gasteiger charge is -2.36. The van der Waals surface area contributed by atoms with E-state index in [1.807, 2.05) is 0 Å². The average molecular weight is 344 g/mol. The van der Waals surface area contributed by atoms with Crippen molar-refractivity contribution < 1.29 is 24.2 Å². The standard InChI is InChI=1S/C18H17FN2O4/c1-10-9-11(19)5-6-12(10)15-17(24)20-7-8-21(15)18(25)13-3-2-4-14(22)16(13)23/h2-6,9,15,22-23H,7-8H2,1H3,(H,20,24)/t15-/m0/s1. The minimum absolute atomic E-state index is 0.0977. The molecule has 1 fully saturated rings. The number of aryl methyl sites for hydroxylation is 1. The summed E-state index contributed by atoms with van der Waals surface area (Å²) in [5.41, 5.74) is 0.950. The molecular formula is C18H17FN2O4. The van der Waals surface area contributed by atoms with Crippen molar-refractivity contribution in [2.45, 2.75) is 13.0 Å². The summed E-state index contributed by atoms with van der Waals surface area (Å²) >= 11 is 0. The molecule has 1 aliphatic rings. The van der Waals surface area contributed by atoms with E-state index in [0.29, 0.717) is 11.1 Å². The van der Waals surface area contributed by atoms with Crippen LogP contribution in [0.5, 0.6) is 11.5 Å². The number of carbonyl (C=O) groups is 2. The molecule has 2 aromatic carbocycles. The molecule has 0 unspecified atom stereocenters. The number of nitrogens with one attached hydrogen (secondary N) is 1. The maximum Gasteiger partial charge on any atom is 0.258 e. The highest BCUT2D eigenvalue weighted by atomic mass is 19.1. The number of nitrogens with zero attached hydrogens (tertiary/aromatic N) is 1. The lowest BCUT2D eigenvalue weighted by molar-refractivity contribution is -0.128. The van der Waals surface area contributed by atoms with Gasteiger partial charge in [-0.3, -0.25) is 9.59 Å². The summed E-state index contributed by atoms with van der Waals surface area (Å²) in [6, 6.07) is 7.14. The molecule has 25 heavy (non-hydrogen) atoms. The molecule has 1 heterocycles. The molecule has 3 rings (SSSR count). The SMILES string of the molecule is Cc1cc(F)ccc1[C@H]1C(=O)NCCN1C(=O)c1cccc(O)c1O. The molecular weight excluding hydrogens is 327 g/mol. The zero-order chi connectivity index (χ0) is 18.1. The summed E-state index contributed by atoms with van der Waals surface area (Å²) < 4.78 is 13.4. The van der Waals surface area contributed by atoms with E-state index in [0.717, 1.165) is 0 Å². The van der Waals surface area contributed by atoms with Gasteiger partial charge in [0.15, 0.2) is 11.5 Å². The fourth-order valence-electron chi connectivity index (χ4n) is 3.00. The van der Waals surface area contributed by atoms with Gasteiger partial charge in [0, 0.05) is 13.1 Å². The molecule has 7 heteroatoms. The summed E-state index contributed by atoms with van der Waals surface area (Å²) in [6.07, 6.45) is 0. The number of aromatic hydroxyl groups is 2. The molecule has 1 saturated heterocycles. The Morgan fingerprint density at radius 2 is 2.04 bits per heavy atom. The first kappa shape index (κ1) is 16.8. The molecule has 6 nitrogen and oxygen atoms in total. The second kappa shape index (κ2) is 6.43. The van der Waals surface area contributed by atoms with Crippen LogP contribution in [-0.4, -0.2) is 40.0 Å². The van der Waals surface area contributed by atoms with E-state index in [1.54, 1.807) is 6.92 Å². The highest BCUT2D eigenvalue weighted by Crippen LogP contribution is 2.33. The van der Waals surface area contributed by atoms with Crippen LogP contribution >= 0.6 is 0 Å². The van der Waals surface area contributed by atoms with Crippen LogP contribution in [0.1, 0.15) is 27.5 Å². The van der Waals surface area contributed by atoms with E-state index in [1.165, 1.54) is 41.3 Å². The number of carbonyl (C=O) groups excluding carboxylic acids is 2. The monoisotopic (exact) mass is 344 g/mol. The Labute approximate surface area is 143 Å². The number of hydrogen-bond donors (Lipinski definition) is 3. The van der Waals surface area contributed by atoms with Crippen molar-refractivity contribution in [1.82, 2.24) is 10.2 Å². The summed E-state index contributed by atoms with van der Waals surface area (Å²) in [5, 5.41) is 22.3. The highest BCUT2D eigenvalue weighted by molar-refractivity contribution is 6.01. The molecule has 2 amide bonds. The topological polar surface area (TPSA) is 89.9 Å². The smallest absolute Gasteiger partial charge is 0.258 e. The first-order valence-corrected chi connectivity index (χ1v) is 7.76. The molecule has 3 N–H and O–H groups in total. The second-order valence-corrected chi connectivity index (χ2v) is 5.87. The quantitative estimate of drug-likeness (QED) is 0.726. The van der Waals surface area contributed by atoms with Gasteiger partial charge in [0.2, 0.25) is 5.91 Å². The maximum absolute atomic E-state index is 13.4. The molecule has 130 valence electrons. The third kappa shape index (κ3) is 3.00. The third-order valence-corrected chi connectivity index (χ3v) is 4.24. The Morgan fingerprint density at radius 1 is 1.28 bits per heavy atom. The van der Waals surface area contributed by atoms with Gasteiger partial charge >= 0.3 is 0 Å². The molecule has 0 bridgehead atoms. The second-order valence-electron chi connectivity index (χ2n) is 5.87. The first-order valence-electron chi connectivity index (χ1n) is 7.76. The van der Waals surface area contributed by atoms with Gasteiger partial charge in [0.05, 0.1) is 5.56 Å². The van der Waals surface area contributed by atoms with Crippen molar-refractivity contribution in [3.05, 3.63) is 58.9 Å². The number of phenols is 2. The summed E-state index contributed by atoms with van der Waals surface area (Å²) in [7, 11) is 0. The van der Waals surface area contributed by atoms with E-state index in [2.05, 4.69) is 5.32 Å². The number of benzene rings is 2. The van der Waals surface area contributed by atoms with Gasteiger partial charge in [0.1, 0.15) is 11.9 Å². The van der Waals surface area contributed by atoms with Gasteiger partial charge in [-0.15, -0.1) is 0 Å². The van der Waals surface area contributed by atoms with E-state index >= 15 is 0 Å². The minimum atomic E-state index is -0.941. The summed E-state index contributed by atoms with van der Waals surface area (Å²) in [6.45, 7) is 2.15. The average Bonchev–Trinajstić information content (AvgIpc) is 2.57. The van der Waals surface area contributed by atoms with Crippen LogP contribution in [0.15, 0.2) is 36.4 Å². The highest BCUT2D eigenvalue weighted by Gasteiger charge is 2.36. The Kier molecular flexibility index (Phi) is 4.31. The maximum atomic E-state index is 13.4. The van der Waals surface area contributed by atoms with E-state index in [-0.39, 0.29) is 24.6 Å². The zero-order valence-corrected chi connectivity index (χ0v) is 13.5. The molecule has 0 saturated carbocycles. The number of halogens is 1. The lowest BCUT2D eigenvalue weighted by atomic mass is 9.96. The van der Waals surface area contributed by atoms with Gasteiger partial charge in [-0.2, -0.15) is 0 Å². The molecule has 0 radical (unpaired) electrons. The number of para-hydroxylation sites is 1. The number of rotatable bonds is 2. The molecule has 1 aliphatic heterocycles. The van der Waals surface area contributed by atoms with Crippen LogP contribution in [0.3, 0.4) is 0 Å². The van der Waals surface area contributed by atoms with Crippen LogP contribution in [-0.2, 0) is 4.79 Å². The number of phenolic OH excluding ortho intramolecular Hbond substituents is 2. The fourth-order valence-corrected chi connectivity index (χ4v) is 3.00. The van der Waals surface area contributed by atoms with Gasteiger partial charge in [0.25, 0.3) is 5.91 Å². The molecule has 2 aromatic rings. The van der Waals surface area contributed by atoms with Gasteiger partial charge < -0.3 is 20.4 Å². The van der Waals surface area contributed by atoms with Crippen molar-refractivity contribution in [3.8, 4) is 11.5 Å². The Morgan fingerprint density at radius 3 is 2.76 bits per heavy atom. The van der Waals surface area contributed by atoms with Crippen molar-refractivity contribution in [3.63, 3.8) is 0 Å². The number of hydrogen-bond acceptors (Lipinski definition) is 4. The summed E-state index contributed by atoms with van der Waals surface area (Å²) in [5.74, 6) is -2.35. The van der Waals surface area contributed by atoms with Gasteiger partial charge in [-0.05, 0) is 42.3 Å². The fraction of sp³-hybridized carbons (Fsp3) is 0.222. The van der Waals surface area contributed by atoms with Crippen molar-refractivity contribution >= 4 is 11.8 Å². The zero-order valence-electron chi connectivity index (χ0n) is 13.5. The third-order valence-electron chi connectivity index (χ3n) is 4.24. The van der Waals surface area contributed by atoms with Crippen LogP contribution in [0, 0.1) is 12.7 Å². The molecule has 1 atom stereocenters. The molecule has 0 aliphatic carbocycles. The lowest BCUT2D eigenvalue weighted by Crippen LogP contribution is -2.52.